The Morgan fingerprint density at radius 1 is 1.17 bits per heavy atom. The largest absolute Gasteiger partial charge is 0.341 e. The van der Waals surface area contributed by atoms with Gasteiger partial charge in [-0.2, -0.15) is 0 Å². The molecule has 0 spiro atoms. The van der Waals surface area contributed by atoms with Crippen molar-refractivity contribution in [2.75, 3.05) is 19.6 Å². The van der Waals surface area contributed by atoms with Gasteiger partial charge in [0.2, 0.25) is 5.91 Å². The normalized spacial score (nSPS) is 18.0. The molecule has 6 nitrogen and oxygen atoms in total. The first-order valence-electron chi connectivity index (χ1n) is 7.16. The molecule has 23 heavy (non-hydrogen) atoms. The predicted octanol–water partition coefficient (Wildman–Crippen LogP) is 1.42. The summed E-state index contributed by atoms with van der Waals surface area (Å²) in [7, 11) is 0. The van der Waals surface area contributed by atoms with E-state index in [9.17, 15) is 14.4 Å². The van der Waals surface area contributed by atoms with E-state index in [4.69, 9.17) is 5.73 Å². The molecule has 3 amide bonds. The molecule has 0 saturated carbocycles. The van der Waals surface area contributed by atoms with E-state index in [2.05, 4.69) is 15.9 Å². The van der Waals surface area contributed by atoms with Crippen molar-refractivity contribution in [2.45, 2.75) is 18.9 Å². The second-order valence-electron chi connectivity index (χ2n) is 5.60. The Balaban J connectivity index is 0.00000192. The van der Waals surface area contributed by atoms with E-state index in [1.165, 1.54) is 0 Å². The number of fused-ring (bicyclic) bond motifs is 1. The van der Waals surface area contributed by atoms with Gasteiger partial charge in [-0.1, -0.05) is 15.9 Å². The molecule has 3 rings (SSSR count). The summed E-state index contributed by atoms with van der Waals surface area (Å²) in [6.45, 7) is 0.947. The molecule has 1 fully saturated rings. The zero-order valence-corrected chi connectivity index (χ0v) is 14.7. The molecule has 0 bridgehead atoms. The van der Waals surface area contributed by atoms with Crippen LogP contribution < -0.4 is 5.73 Å². The minimum atomic E-state index is -0.414. The van der Waals surface area contributed by atoms with Crippen LogP contribution in [0.5, 0.6) is 0 Å². The van der Waals surface area contributed by atoms with E-state index in [1.807, 2.05) is 0 Å². The minimum Gasteiger partial charge on any atom is -0.341 e. The van der Waals surface area contributed by atoms with Crippen molar-refractivity contribution in [3.63, 3.8) is 0 Å². The van der Waals surface area contributed by atoms with Crippen LogP contribution in [0.2, 0.25) is 0 Å². The Bertz CT molecular complexity index is 659. The fourth-order valence-corrected chi connectivity index (χ4v) is 3.15. The molecule has 2 heterocycles. The molecule has 1 aromatic rings. The maximum atomic E-state index is 12.3. The SMILES string of the molecule is Cl.NC1CCN(C(=O)CN2C(=O)c3ccc(Br)cc3C2=O)CC1. The zero-order chi connectivity index (χ0) is 15.9. The van der Waals surface area contributed by atoms with Crippen LogP contribution in [0.15, 0.2) is 22.7 Å². The van der Waals surface area contributed by atoms with Crippen LogP contribution in [0.3, 0.4) is 0 Å². The molecule has 1 saturated heterocycles. The zero-order valence-electron chi connectivity index (χ0n) is 12.3. The summed E-state index contributed by atoms with van der Waals surface area (Å²) in [5, 5.41) is 0. The number of rotatable bonds is 2. The Morgan fingerprint density at radius 3 is 2.43 bits per heavy atom. The quantitative estimate of drug-likeness (QED) is 0.758. The molecule has 0 unspecified atom stereocenters. The van der Waals surface area contributed by atoms with Gasteiger partial charge in [0.1, 0.15) is 6.54 Å². The molecule has 2 aliphatic heterocycles. The van der Waals surface area contributed by atoms with Gasteiger partial charge in [-0.25, -0.2) is 0 Å². The number of imide groups is 1. The van der Waals surface area contributed by atoms with Gasteiger partial charge in [0.25, 0.3) is 11.8 Å². The first-order valence-corrected chi connectivity index (χ1v) is 7.96. The van der Waals surface area contributed by atoms with Crippen molar-refractivity contribution in [2.24, 2.45) is 5.73 Å². The van der Waals surface area contributed by atoms with Crippen molar-refractivity contribution < 1.29 is 14.4 Å². The molecule has 0 aliphatic carbocycles. The lowest BCUT2D eigenvalue weighted by Crippen LogP contribution is -2.47. The number of halogens is 2. The highest BCUT2D eigenvalue weighted by Crippen LogP contribution is 2.26. The van der Waals surface area contributed by atoms with Gasteiger partial charge in [0.15, 0.2) is 0 Å². The Morgan fingerprint density at radius 2 is 1.78 bits per heavy atom. The van der Waals surface area contributed by atoms with Crippen LogP contribution in [0, 0.1) is 0 Å². The molecule has 2 N–H and O–H groups in total. The summed E-state index contributed by atoms with van der Waals surface area (Å²) >= 11 is 3.28. The second-order valence-corrected chi connectivity index (χ2v) is 6.52. The van der Waals surface area contributed by atoms with E-state index in [-0.39, 0.29) is 30.9 Å². The second kappa shape index (κ2) is 6.98. The van der Waals surface area contributed by atoms with Gasteiger partial charge in [0.05, 0.1) is 11.1 Å². The number of piperidine rings is 1. The standard InChI is InChI=1S/C15H16BrN3O3.ClH/c16-9-1-2-11-12(7-9)15(22)19(14(11)21)8-13(20)18-5-3-10(17)4-6-18;/h1-2,7,10H,3-6,8,17H2;1H. The maximum absolute atomic E-state index is 12.3. The van der Waals surface area contributed by atoms with Gasteiger partial charge in [-0.15, -0.1) is 12.4 Å². The first kappa shape index (κ1) is 17.9. The van der Waals surface area contributed by atoms with E-state index in [1.54, 1.807) is 23.1 Å². The summed E-state index contributed by atoms with van der Waals surface area (Å²) in [5.41, 5.74) is 6.50. The number of amides is 3. The predicted molar refractivity (Wildman–Crippen MR) is 90.5 cm³/mol. The Kier molecular flexibility index (Phi) is 5.44. The minimum absolute atomic E-state index is 0. The van der Waals surface area contributed by atoms with Gasteiger partial charge < -0.3 is 10.6 Å². The summed E-state index contributed by atoms with van der Waals surface area (Å²) in [6, 6.07) is 5.05. The summed E-state index contributed by atoms with van der Waals surface area (Å²) in [5.74, 6) is -1.03. The van der Waals surface area contributed by atoms with Crippen molar-refractivity contribution in [1.82, 2.24) is 9.80 Å². The Labute approximate surface area is 148 Å². The van der Waals surface area contributed by atoms with E-state index in [0.717, 1.165) is 22.2 Å². The molecule has 0 radical (unpaired) electrons. The van der Waals surface area contributed by atoms with Gasteiger partial charge in [-0.05, 0) is 31.0 Å². The molecule has 8 heteroatoms. The first-order chi connectivity index (χ1) is 10.5. The summed E-state index contributed by atoms with van der Waals surface area (Å²) in [6.07, 6.45) is 1.50. The third-order valence-corrected chi connectivity index (χ3v) is 4.61. The average Bonchev–Trinajstić information content (AvgIpc) is 2.72. The van der Waals surface area contributed by atoms with E-state index >= 15 is 0 Å². The number of benzene rings is 1. The fourth-order valence-electron chi connectivity index (χ4n) is 2.79. The van der Waals surface area contributed by atoms with Crippen molar-refractivity contribution in [1.29, 1.82) is 0 Å². The smallest absolute Gasteiger partial charge is 0.262 e. The maximum Gasteiger partial charge on any atom is 0.262 e. The fraction of sp³-hybridized carbons (Fsp3) is 0.400. The van der Waals surface area contributed by atoms with Crippen LogP contribution >= 0.6 is 28.3 Å². The van der Waals surface area contributed by atoms with Crippen LogP contribution in [0.4, 0.5) is 0 Å². The third kappa shape index (κ3) is 3.41. The Hall–Kier alpha value is -1.44. The van der Waals surface area contributed by atoms with E-state index in [0.29, 0.717) is 24.2 Å². The molecular formula is C15H17BrClN3O3. The van der Waals surface area contributed by atoms with Crippen molar-refractivity contribution >= 4 is 46.1 Å². The van der Waals surface area contributed by atoms with Crippen LogP contribution in [-0.4, -0.2) is 53.2 Å². The number of carbonyl (C=O) groups excluding carboxylic acids is 3. The lowest BCUT2D eigenvalue weighted by atomic mass is 10.1. The summed E-state index contributed by atoms with van der Waals surface area (Å²) in [4.78, 5) is 39.6. The lowest BCUT2D eigenvalue weighted by Gasteiger charge is -2.31. The number of hydrogen-bond donors (Lipinski definition) is 1. The monoisotopic (exact) mass is 401 g/mol. The number of hydrogen-bond acceptors (Lipinski definition) is 4. The highest BCUT2D eigenvalue weighted by Gasteiger charge is 2.37. The molecule has 0 atom stereocenters. The molecule has 1 aromatic carbocycles. The van der Waals surface area contributed by atoms with Gasteiger partial charge in [0, 0.05) is 23.6 Å². The van der Waals surface area contributed by atoms with Crippen LogP contribution in [-0.2, 0) is 4.79 Å². The van der Waals surface area contributed by atoms with Crippen molar-refractivity contribution in [3.05, 3.63) is 33.8 Å². The van der Waals surface area contributed by atoms with Gasteiger partial charge in [-0.3, -0.25) is 19.3 Å². The van der Waals surface area contributed by atoms with E-state index < -0.39 is 11.8 Å². The third-order valence-electron chi connectivity index (χ3n) is 4.12. The van der Waals surface area contributed by atoms with Crippen LogP contribution in [0.25, 0.3) is 0 Å². The number of carbonyl (C=O) groups is 3. The number of nitrogens with zero attached hydrogens (tertiary/aromatic N) is 2. The topological polar surface area (TPSA) is 83.7 Å². The number of likely N-dealkylation sites (tertiary alicyclic amines) is 1. The molecule has 2 aliphatic rings. The average molecular weight is 403 g/mol. The van der Waals surface area contributed by atoms with Gasteiger partial charge >= 0.3 is 0 Å². The van der Waals surface area contributed by atoms with Crippen molar-refractivity contribution in [3.8, 4) is 0 Å². The summed E-state index contributed by atoms with van der Waals surface area (Å²) < 4.78 is 0.727. The lowest BCUT2D eigenvalue weighted by molar-refractivity contribution is -0.132. The molecular weight excluding hydrogens is 386 g/mol. The highest BCUT2D eigenvalue weighted by molar-refractivity contribution is 9.10. The highest BCUT2D eigenvalue weighted by atomic mass is 79.9. The van der Waals surface area contributed by atoms with Crippen LogP contribution in [0.1, 0.15) is 33.6 Å². The molecule has 0 aromatic heterocycles. The molecule has 124 valence electrons. The number of nitrogens with two attached hydrogens (primary N) is 1.